The smallest absolute Gasteiger partial charge is 0.306 e. The van der Waals surface area contributed by atoms with Crippen molar-refractivity contribution in [2.75, 3.05) is 5.32 Å². The Morgan fingerprint density at radius 2 is 2.04 bits per heavy atom. The van der Waals surface area contributed by atoms with Gasteiger partial charge in [0.2, 0.25) is 0 Å². The molecule has 0 spiro atoms. The molecule has 4 nitrogen and oxygen atoms in total. The van der Waals surface area contributed by atoms with Crippen LogP contribution in [0.2, 0.25) is 0 Å². The predicted octanol–water partition coefficient (Wildman–Crippen LogP) is 3.87. The summed E-state index contributed by atoms with van der Waals surface area (Å²) < 4.78 is 5.21. The normalized spacial score (nSPS) is 11.8. The fourth-order valence-electron chi connectivity index (χ4n) is 2.10. The van der Waals surface area contributed by atoms with Crippen LogP contribution in [0.5, 0.6) is 0 Å². The number of aryl methyl sites for hydroxylation is 3. The van der Waals surface area contributed by atoms with Gasteiger partial charge in [0.1, 0.15) is 0 Å². The van der Waals surface area contributed by atoms with Gasteiger partial charge in [-0.1, -0.05) is 12.1 Å². The number of nitrogens with one attached hydrogen (secondary N) is 1. The number of benzene rings is 1. The molecule has 2 aromatic rings. The van der Waals surface area contributed by atoms with E-state index in [1.165, 1.54) is 0 Å². The van der Waals surface area contributed by atoms with E-state index < -0.39 is 6.10 Å². The van der Waals surface area contributed by atoms with Crippen molar-refractivity contribution >= 4 is 28.9 Å². The third-order valence-corrected chi connectivity index (χ3v) is 4.26. The molecule has 1 heterocycles. The van der Waals surface area contributed by atoms with Crippen molar-refractivity contribution in [1.82, 2.24) is 0 Å². The molecular weight excluding hydrogens is 310 g/mol. The summed E-state index contributed by atoms with van der Waals surface area (Å²) in [6.07, 6.45) is 0.0933. The van der Waals surface area contributed by atoms with Gasteiger partial charge >= 0.3 is 5.97 Å². The number of anilines is 1. The van der Waals surface area contributed by atoms with Gasteiger partial charge in [0.05, 0.1) is 0 Å². The highest BCUT2D eigenvalue weighted by atomic mass is 32.1. The van der Waals surface area contributed by atoms with E-state index in [1.807, 2.05) is 48.9 Å². The second kappa shape index (κ2) is 7.92. The quantitative estimate of drug-likeness (QED) is 0.818. The third kappa shape index (κ3) is 5.21. The minimum Gasteiger partial charge on any atom is -0.453 e. The maximum Gasteiger partial charge on any atom is 0.306 e. The van der Waals surface area contributed by atoms with Crippen LogP contribution in [0.3, 0.4) is 0 Å². The van der Waals surface area contributed by atoms with E-state index in [4.69, 9.17) is 4.74 Å². The van der Waals surface area contributed by atoms with Crippen molar-refractivity contribution in [3.05, 3.63) is 51.7 Å². The van der Waals surface area contributed by atoms with Crippen LogP contribution in [0.25, 0.3) is 0 Å². The zero-order valence-corrected chi connectivity index (χ0v) is 14.4. The Kier molecular flexibility index (Phi) is 5.93. The molecule has 122 valence electrons. The summed E-state index contributed by atoms with van der Waals surface area (Å²) in [5, 5.41) is 6.79. The largest absolute Gasteiger partial charge is 0.453 e. The molecule has 1 N–H and O–H groups in total. The van der Waals surface area contributed by atoms with Crippen LogP contribution >= 0.6 is 11.3 Å². The van der Waals surface area contributed by atoms with Gasteiger partial charge in [0, 0.05) is 12.1 Å². The van der Waals surface area contributed by atoms with Gasteiger partial charge in [0.15, 0.2) is 6.10 Å². The Hall–Kier alpha value is -2.14. The van der Waals surface area contributed by atoms with Crippen molar-refractivity contribution in [3.63, 3.8) is 0 Å². The van der Waals surface area contributed by atoms with Gasteiger partial charge in [-0.05, 0) is 66.8 Å². The maximum absolute atomic E-state index is 12.2. The lowest BCUT2D eigenvalue weighted by atomic mass is 10.1. The number of esters is 1. The van der Waals surface area contributed by atoms with Crippen LogP contribution in [0.4, 0.5) is 5.69 Å². The van der Waals surface area contributed by atoms with E-state index >= 15 is 0 Å². The number of hydrogen-bond donors (Lipinski definition) is 1. The summed E-state index contributed by atoms with van der Waals surface area (Å²) in [7, 11) is 0. The van der Waals surface area contributed by atoms with Gasteiger partial charge in [0.25, 0.3) is 5.91 Å². The molecule has 0 saturated carbocycles. The van der Waals surface area contributed by atoms with Gasteiger partial charge in [-0.2, -0.15) is 11.3 Å². The molecule has 1 amide bonds. The Balaban J connectivity index is 1.84. The minimum absolute atomic E-state index is 0.276. The topological polar surface area (TPSA) is 55.4 Å². The van der Waals surface area contributed by atoms with Gasteiger partial charge in [-0.15, -0.1) is 0 Å². The summed E-state index contributed by atoms with van der Waals surface area (Å²) >= 11 is 1.60. The van der Waals surface area contributed by atoms with Gasteiger partial charge < -0.3 is 10.1 Å². The van der Waals surface area contributed by atoms with Crippen LogP contribution in [-0.2, 0) is 20.7 Å². The van der Waals surface area contributed by atoms with E-state index in [2.05, 4.69) is 5.32 Å². The summed E-state index contributed by atoms with van der Waals surface area (Å²) in [5.74, 6) is -0.678. The van der Waals surface area contributed by atoms with E-state index in [0.29, 0.717) is 6.42 Å². The van der Waals surface area contributed by atoms with E-state index in [0.717, 1.165) is 22.4 Å². The number of carbonyl (C=O) groups is 2. The number of ether oxygens (including phenoxy) is 1. The number of rotatable bonds is 6. The van der Waals surface area contributed by atoms with Crippen molar-refractivity contribution < 1.29 is 14.3 Å². The molecule has 2 rings (SSSR count). The molecule has 0 saturated heterocycles. The molecule has 1 aromatic carbocycles. The lowest BCUT2D eigenvalue weighted by molar-refractivity contribution is -0.153. The monoisotopic (exact) mass is 331 g/mol. The second-order valence-corrected chi connectivity index (χ2v) is 6.35. The standard InChI is InChI=1S/C18H21NO3S/c1-12-4-5-13(2)16(10-12)19-18(21)14(3)22-17(20)7-6-15-8-9-23-11-15/h4-5,8-11,14H,6-7H2,1-3H3,(H,19,21)/t14-/m1/s1. The lowest BCUT2D eigenvalue weighted by Gasteiger charge is -2.15. The molecule has 5 heteroatoms. The van der Waals surface area contributed by atoms with Crippen LogP contribution in [0.1, 0.15) is 30.0 Å². The molecule has 23 heavy (non-hydrogen) atoms. The molecule has 0 unspecified atom stereocenters. The van der Waals surface area contributed by atoms with Crippen molar-refractivity contribution in [1.29, 1.82) is 0 Å². The number of amides is 1. The number of hydrogen-bond acceptors (Lipinski definition) is 4. The average Bonchev–Trinajstić information content (AvgIpc) is 3.02. The summed E-state index contributed by atoms with van der Waals surface area (Å²) in [6, 6.07) is 7.81. The molecule has 0 aliphatic rings. The molecule has 0 radical (unpaired) electrons. The summed E-state index contributed by atoms with van der Waals surface area (Å²) in [6.45, 7) is 5.47. The average molecular weight is 331 g/mol. The molecule has 1 aromatic heterocycles. The Morgan fingerprint density at radius 3 is 2.74 bits per heavy atom. The molecule has 0 fully saturated rings. The zero-order chi connectivity index (χ0) is 16.8. The molecule has 0 aliphatic carbocycles. The fraction of sp³-hybridized carbons (Fsp3) is 0.333. The first-order valence-electron chi connectivity index (χ1n) is 7.54. The van der Waals surface area contributed by atoms with Crippen LogP contribution in [0.15, 0.2) is 35.0 Å². The first kappa shape index (κ1) is 17.2. The zero-order valence-electron chi connectivity index (χ0n) is 13.6. The lowest BCUT2D eigenvalue weighted by Crippen LogP contribution is -2.30. The summed E-state index contributed by atoms with van der Waals surface area (Å²) in [4.78, 5) is 24.0. The highest BCUT2D eigenvalue weighted by Gasteiger charge is 2.18. The highest BCUT2D eigenvalue weighted by molar-refractivity contribution is 7.07. The van der Waals surface area contributed by atoms with Crippen LogP contribution in [-0.4, -0.2) is 18.0 Å². The number of carbonyl (C=O) groups excluding carboxylic acids is 2. The Labute approximate surface area is 140 Å². The Morgan fingerprint density at radius 1 is 1.26 bits per heavy atom. The van der Waals surface area contributed by atoms with E-state index in [9.17, 15) is 9.59 Å². The van der Waals surface area contributed by atoms with Crippen molar-refractivity contribution in [2.45, 2.75) is 39.7 Å². The van der Waals surface area contributed by atoms with Crippen LogP contribution in [0, 0.1) is 13.8 Å². The van der Waals surface area contributed by atoms with Crippen molar-refractivity contribution in [2.24, 2.45) is 0 Å². The van der Waals surface area contributed by atoms with Gasteiger partial charge in [-0.25, -0.2) is 0 Å². The molecule has 0 aliphatic heterocycles. The summed E-state index contributed by atoms with van der Waals surface area (Å²) in [5.41, 5.74) is 3.89. The third-order valence-electron chi connectivity index (χ3n) is 3.53. The SMILES string of the molecule is Cc1ccc(C)c(NC(=O)[C@@H](C)OC(=O)CCc2ccsc2)c1. The van der Waals surface area contributed by atoms with E-state index in [1.54, 1.807) is 18.3 Å². The molecule has 0 bridgehead atoms. The van der Waals surface area contributed by atoms with Crippen molar-refractivity contribution in [3.8, 4) is 0 Å². The predicted molar refractivity (Wildman–Crippen MR) is 92.7 cm³/mol. The highest BCUT2D eigenvalue weighted by Crippen LogP contribution is 2.17. The van der Waals surface area contributed by atoms with Gasteiger partial charge in [-0.3, -0.25) is 9.59 Å². The molecule has 1 atom stereocenters. The first-order valence-corrected chi connectivity index (χ1v) is 8.48. The first-order chi connectivity index (χ1) is 11.0. The second-order valence-electron chi connectivity index (χ2n) is 5.57. The van der Waals surface area contributed by atoms with E-state index in [-0.39, 0.29) is 18.3 Å². The Bertz CT molecular complexity index is 680. The maximum atomic E-state index is 12.2. The number of thiophene rings is 1. The molecular formula is C18H21NO3S. The minimum atomic E-state index is -0.815. The van der Waals surface area contributed by atoms with Crippen LogP contribution < -0.4 is 5.32 Å². The fourth-order valence-corrected chi connectivity index (χ4v) is 2.80.